The third-order valence-corrected chi connectivity index (χ3v) is 5.03. The smallest absolute Gasteiger partial charge is 0.128 e. The van der Waals surface area contributed by atoms with E-state index >= 15 is 0 Å². The van der Waals surface area contributed by atoms with Gasteiger partial charge in [0, 0.05) is 45.1 Å². The van der Waals surface area contributed by atoms with Crippen LogP contribution in [0.3, 0.4) is 0 Å². The minimum absolute atomic E-state index is 0.798. The van der Waals surface area contributed by atoms with Gasteiger partial charge in [0.15, 0.2) is 0 Å². The fourth-order valence-electron chi connectivity index (χ4n) is 2.68. The Bertz CT molecular complexity index is 842. The molecule has 120 valence electrons. The van der Waals surface area contributed by atoms with Gasteiger partial charge < -0.3 is 14.5 Å². The van der Waals surface area contributed by atoms with Gasteiger partial charge in [0.05, 0.1) is 19.9 Å². The largest absolute Gasteiger partial charge is 0.497 e. The number of H-pyrrole nitrogens is 1. The number of hydrogen-bond donors (Lipinski definition) is 1. The SMILES string of the molecule is COc1ccc2[nH]cc(SCc3ncc(C)c(OC)c3C)c2c1. The quantitative estimate of drug-likeness (QED) is 0.701. The van der Waals surface area contributed by atoms with Crippen molar-refractivity contribution in [1.29, 1.82) is 0 Å². The predicted octanol–water partition coefficient (Wildman–Crippen LogP) is 4.49. The molecule has 0 spiro atoms. The molecule has 0 atom stereocenters. The van der Waals surface area contributed by atoms with Crippen LogP contribution in [0.25, 0.3) is 10.9 Å². The molecule has 0 bridgehead atoms. The van der Waals surface area contributed by atoms with Crippen molar-refractivity contribution in [3.05, 3.63) is 47.4 Å². The molecular weight excluding hydrogens is 308 g/mol. The lowest BCUT2D eigenvalue weighted by Gasteiger charge is -2.11. The maximum absolute atomic E-state index is 5.48. The Kier molecular flexibility index (Phi) is 4.48. The highest BCUT2D eigenvalue weighted by Gasteiger charge is 2.11. The Balaban J connectivity index is 1.86. The van der Waals surface area contributed by atoms with E-state index < -0.39 is 0 Å². The number of nitrogens with one attached hydrogen (secondary N) is 1. The standard InChI is InChI=1S/C18H20N2O2S/c1-11-8-19-16(12(2)18(11)22-4)10-23-17-9-20-15-6-5-13(21-3)7-14(15)17/h5-9,20H,10H2,1-4H3. The van der Waals surface area contributed by atoms with E-state index in [0.717, 1.165) is 39.6 Å². The molecule has 0 radical (unpaired) electrons. The van der Waals surface area contributed by atoms with Crippen LogP contribution in [0.5, 0.6) is 11.5 Å². The Morgan fingerprint density at radius 2 is 2.00 bits per heavy atom. The predicted molar refractivity (Wildman–Crippen MR) is 94.7 cm³/mol. The maximum Gasteiger partial charge on any atom is 0.128 e. The third kappa shape index (κ3) is 3.01. The van der Waals surface area contributed by atoms with E-state index in [9.17, 15) is 0 Å². The van der Waals surface area contributed by atoms with E-state index in [0.29, 0.717) is 0 Å². The molecule has 23 heavy (non-hydrogen) atoms. The van der Waals surface area contributed by atoms with Crippen LogP contribution in [0.4, 0.5) is 0 Å². The third-order valence-electron chi connectivity index (χ3n) is 3.97. The molecule has 0 aliphatic heterocycles. The number of ether oxygens (including phenoxy) is 2. The van der Waals surface area contributed by atoms with Gasteiger partial charge in [-0.2, -0.15) is 0 Å². The first-order valence-corrected chi connectivity index (χ1v) is 8.39. The zero-order valence-electron chi connectivity index (χ0n) is 13.8. The molecule has 3 rings (SSSR count). The van der Waals surface area contributed by atoms with Crippen LogP contribution in [0.15, 0.2) is 35.5 Å². The minimum Gasteiger partial charge on any atom is -0.497 e. The number of aryl methyl sites for hydroxylation is 1. The van der Waals surface area contributed by atoms with E-state index in [2.05, 4.69) is 23.0 Å². The van der Waals surface area contributed by atoms with Crippen LogP contribution in [0, 0.1) is 13.8 Å². The first kappa shape index (κ1) is 15.7. The van der Waals surface area contributed by atoms with Gasteiger partial charge >= 0.3 is 0 Å². The Labute approximate surface area is 140 Å². The lowest BCUT2D eigenvalue weighted by atomic mass is 10.1. The lowest BCUT2D eigenvalue weighted by Crippen LogP contribution is -1.98. The number of aromatic nitrogens is 2. The topological polar surface area (TPSA) is 47.1 Å². The Morgan fingerprint density at radius 1 is 1.17 bits per heavy atom. The minimum atomic E-state index is 0.798. The van der Waals surface area contributed by atoms with Crippen molar-refractivity contribution in [3.8, 4) is 11.5 Å². The summed E-state index contributed by atoms with van der Waals surface area (Å²) in [5, 5.41) is 1.17. The van der Waals surface area contributed by atoms with E-state index in [1.165, 1.54) is 10.3 Å². The monoisotopic (exact) mass is 328 g/mol. The average Bonchev–Trinajstić information content (AvgIpc) is 2.97. The van der Waals surface area contributed by atoms with Crippen molar-refractivity contribution in [1.82, 2.24) is 9.97 Å². The molecule has 1 N–H and O–H groups in total. The Morgan fingerprint density at radius 3 is 2.74 bits per heavy atom. The summed E-state index contributed by atoms with van der Waals surface area (Å²) < 4.78 is 10.8. The number of rotatable bonds is 5. The first-order chi connectivity index (χ1) is 11.1. The van der Waals surface area contributed by atoms with Crippen molar-refractivity contribution in [2.45, 2.75) is 24.5 Å². The molecule has 5 heteroatoms. The van der Waals surface area contributed by atoms with Crippen molar-refractivity contribution < 1.29 is 9.47 Å². The second-order valence-corrected chi connectivity index (χ2v) is 6.42. The molecule has 4 nitrogen and oxygen atoms in total. The van der Waals surface area contributed by atoms with Gasteiger partial charge in [-0.3, -0.25) is 4.98 Å². The molecule has 2 aromatic heterocycles. The number of nitrogens with zero attached hydrogens (tertiary/aromatic N) is 1. The fourth-order valence-corrected chi connectivity index (χ4v) is 3.73. The summed E-state index contributed by atoms with van der Waals surface area (Å²) in [6.07, 6.45) is 3.91. The lowest BCUT2D eigenvalue weighted by molar-refractivity contribution is 0.407. The van der Waals surface area contributed by atoms with Gasteiger partial charge in [-0.1, -0.05) is 0 Å². The number of thioether (sulfide) groups is 1. The van der Waals surface area contributed by atoms with Crippen LogP contribution in [0.2, 0.25) is 0 Å². The molecule has 0 saturated carbocycles. The normalized spacial score (nSPS) is 11.0. The molecule has 0 fully saturated rings. The van der Waals surface area contributed by atoms with Gasteiger partial charge in [0.1, 0.15) is 11.5 Å². The number of aromatic amines is 1. The second-order valence-electron chi connectivity index (χ2n) is 5.40. The molecule has 0 unspecified atom stereocenters. The Hall–Kier alpha value is -2.14. The van der Waals surface area contributed by atoms with E-state index in [1.54, 1.807) is 26.0 Å². The highest BCUT2D eigenvalue weighted by molar-refractivity contribution is 7.98. The highest BCUT2D eigenvalue weighted by atomic mass is 32.2. The van der Waals surface area contributed by atoms with E-state index in [1.807, 2.05) is 31.5 Å². The molecule has 0 aliphatic rings. The van der Waals surface area contributed by atoms with Crippen LogP contribution in [0.1, 0.15) is 16.8 Å². The molecule has 0 saturated heterocycles. The van der Waals surface area contributed by atoms with Crippen molar-refractivity contribution in [2.24, 2.45) is 0 Å². The summed E-state index contributed by atoms with van der Waals surface area (Å²) >= 11 is 1.76. The molecule has 2 heterocycles. The zero-order valence-corrected chi connectivity index (χ0v) is 14.6. The first-order valence-electron chi connectivity index (χ1n) is 7.41. The van der Waals surface area contributed by atoms with Gasteiger partial charge in [-0.15, -0.1) is 11.8 Å². The summed E-state index contributed by atoms with van der Waals surface area (Å²) in [6.45, 7) is 4.08. The second kappa shape index (κ2) is 6.54. The van der Waals surface area contributed by atoms with E-state index in [4.69, 9.17) is 9.47 Å². The van der Waals surface area contributed by atoms with Crippen molar-refractivity contribution >= 4 is 22.7 Å². The molecule has 1 aromatic carbocycles. The summed E-state index contributed by atoms with van der Waals surface area (Å²) in [4.78, 5) is 9.06. The molecule has 0 amide bonds. The van der Waals surface area contributed by atoms with Crippen molar-refractivity contribution in [3.63, 3.8) is 0 Å². The number of pyridine rings is 1. The number of methoxy groups -OCH3 is 2. The molecule has 3 aromatic rings. The van der Waals surface area contributed by atoms with Crippen molar-refractivity contribution in [2.75, 3.05) is 14.2 Å². The van der Waals surface area contributed by atoms with Crippen LogP contribution in [-0.2, 0) is 5.75 Å². The van der Waals surface area contributed by atoms with Crippen LogP contribution < -0.4 is 9.47 Å². The number of fused-ring (bicyclic) bond motifs is 1. The van der Waals surface area contributed by atoms with Crippen LogP contribution >= 0.6 is 11.8 Å². The van der Waals surface area contributed by atoms with Gasteiger partial charge in [-0.25, -0.2) is 0 Å². The van der Waals surface area contributed by atoms with Gasteiger partial charge in [-0.05, 0) is 32.0 Å². The average molecular weight is 328 g/mol. The highest BCUT2D eigenvalue weighted by Crippen LogP contribution is 2.34. The zero-order chi connectivity index (χ0) is 16.4. The van der Waals surface area contributed by atoms with Gasteiger partial charge in [0.25, 0.3) is 0 Å². The summed E-state index contributed by atoms with van der Waals surface area (Å²) in [6, 6.07) is 6.06. The molecular formula is C18H20N2O2S. The van der Waals surface area contributed by atoms with Crippen LogP contribution in [-0.4, -0.2) is 24.2 Å². The van der Waals surface area contributed by atoms with E-state index in [-0.39, 0.29) is 0 Å². The maximum atomic E-state index is 5.48. The number of benzene rings is 1. The molecule has 0 aliphatic carbocycles. The summed E-state index contributed by atoms with van der Waals surface area (Å²) in [5.74, 6) is 2.59. The summed E-state index contributed by atoms with van der Waals surface area (Å²) in [7, 11) is 3.39. The fraction of sp³-hybridized carbons (Fsp3) is 0.278. The van der Waals surface area contributed by atoms with Gasteiger partial charge in [0.2, 0.25) is 0 Å². The number of hydrogen-bond acceptors (Lipinski definition) is 4. The summed E-state index contributed by atoms with van der Waals surface area (Å²) in [5.41, 5.74) is 4.34.